The summed E-state index contributed by atoms with van der Waals surface area (Å²) in [5, 5.41) is 6.77. The molecule has 1 heterocycles. The molecule has 0 aromatic heterocycles. The van der Waals surface area contributed by atoms with Crippen LogP contribution in [-0.2, 0) is 11.2 Å². The highest BCUT2D eigenvalue weighted by Gasteiger charge is 2.20. The molecular formula is C21H32N4O. The van der Waals surface area contributed by atoms with Gasteiger partial charge in [0, 0.05) is 45.1 Å². The minimum absolute atomic E-state index is 0.307. The number of aliphatic imine (C=N–C) groups is 1. The zero-order valence-corrected chi connectivity index (χ0v) is 16.0. The Morgan fingerprint density at radius 3 is 2.92 bits per heavy atom. The van der Waals surface area contributed by atoms with Crippen LogP contribution in [0.2, 0.25) is 0 Å². The summed E-state index contributed by atoms with van der Waals surface area (Å²) in [4.78, 5) is 18.5. The predicted octanol–water partition coefficient (Wildman–Crippen LogP) is 2.67. The molecule has 0 radical (unpaired) electrons. The van der Waals surface area contributed by atoms with Crippen LogP contribution >= 0.6 is 0 Å². The monoisotopic (exact) mass is 356 g/mol. The van der Waals surface area contributed by atoms with Gasteiger partial charge in [0.1, 0.15) is 0 Å². The predicted molar refractivity (Wildman–Crippen MR) is 107 cm³/mol. The highest BCUT2D eigenvalue weighted by Crippen LogP contribution is 2.31. The van der Waals surface area contributed by atoms with Gasteiger partial charge in [0.2, 0.25) is 5.91 Å². The molecule has 0 saturated carbocycles. The molecule has 142 valence electrons. The molecule has 0 spiro atoms. The zero-order chi connectivity index (χ0) is 18.2. The lowest BCUT2D eigenvalue weighted by Gasteiger charge is -2.24. The molecule has 2 aliphatic rings. The molecule has 1 aromatic rings. The van der Waals surface area contributed by atoms with Gasteiger partial charge in [0.05, 0.1) is 0 Å². The number of carbonyl (C=O) groups excluding carboxylic acids is 1. The van der Waals surface area contributed by atoms with Crippen LogP contribution < -0.4 is 10.6 Å². The quantitative estimate of drug-likeness (QED) is 0.449. The van der Waals surface area contributed by atoms with Crippen molar-refractivity contribution in [2.75, 3.05) is 32.7 Å². The number of carbonyl (C=O) groups is 1. The highest BCUT2D eigenvalue weighted by molar-refractivity contribution is 5.80. The third-order valence-corrected chi connectivity index (χ3v) is 5.38. The number of rotatable bonds is 7. The van der Waals surface area contributed by atoms with E-state index in [1.165, 1.54) is 30.4 Å². The van der Waals surface area contributed by atoms with Gasteiger partial charge < -0.3 is 15.5 Å². The Bertz CT molecular complexity index is 628. The first-order chi connectivity index (χ1) is 12.8. The molecule has 1 saturated heterocycles. The van der Waals surface area contributed by atoms with Gasteiger partial charge in [-0.15, -0.1) is 0 Å². The number of guanidine groups is 1. The molecule has 26 heavy (non-hydrogen) atoms. The normalized spacial score (nSPS) is 20.2. The largest absolute Gasteiger partial charge is 0.357 e. The minimum Gasteiger partial charge on any atom is -0.357 e. The number of amides is 1. The van der Waals surface area contributed by atoms with E-state index in [9.17, 15) is 4.79 Å². The summed E-state index contributed by atoms with van der Waals surface area (Å²) in [5.41, 5.74) is 2.97. The first-order valence-corrected chi connectivity index (χ1v) is 10.2. The van der Waals surface area contributed by atoms with Crippen LogP contribution in [0.4, 0.5) is 0 Å². The average molecular weight is 357 g/mol. The smallest absolute Gasteiger partial charge is 0.222 e. The molecule has 5 heteroatoms. The van der Waals surface area contributed by atoms with Crippen LogP contribution in [0.15, 0.2) is 29.3 Å². The van der Waals surface area contributed by atoms with Crippen molar-refractivity contribution in [2.24, 2.45) is 4.99 Å². The van der Waals surface area contributed by atoms with Crippen molar-refractivity contribution in [3.63, 3.8) is 0 Å². The Kier molecular flexibility index (Phi) is 6.92. The molecule has 3 rings (SSSR count). The van der Waals surface area contributed by atoms with Crippen molar-refractivity contribution in [1.29, 1.82) is 0 Å². The molecule has 1 aromatic carbocycles. The van der Waals surface area contributed by atoms with E-state index >= 15 is 0 Å². The maximum atomic E-state index is 11.7. The van der Waals surface area contributed by atoms with E-state index in [4.69, 9.17) is 4.99 Å². The molecular weight excluding hydrogens is 324 g/mol. The van der Waals surface area contributed by atoms with Gasteiger partial charge >= 0.3 is 0 Å². The third-order valence-electron chi connectivity index (χ3n) is 5.38. The van der Waals surface area contributed by atoms with E-state index in [1.54, 1.807) is 0 Å². The van der Waals surface area contributed by atoms with Crippen molar-refractivity contribution in [2.45, 2.75) is 51.4 Å². The molecule has 2 N–H and O–H groups in total. The van der Waals surface area contributed by atoms with E-state index in [0.717, 1.165) is 57.9 Å². The SMILES string of the molecule is CCNC(=NCC1CCCc2ccccc21)NCCCN1CCCC1=O. The van der Waals surface area contributed by atoms with Gasteiger partial charge in [0.25, 0.3) is 0 Å². The molecule has 1 aliphatic carbocycles. The topological polar surface area (TPSA) is 56.7 Å². The molecule has 5 nitrogen and oxygen atoms in total. The van der Waals surface area contributed by atoms with E-state index in [1.807, 2.05) is 4.90 Å². The second-order valence-corrected chi connectivity index (χ2v) is 7.27. The first-order valence-electron chi connectivity index (χ1n) is 10.2. The second-order valence-electron chi connectivity index (χ2n) is 7.27. The molecule has 0 bridgehead atoms. The Morgan fingerprint density at radius 1 is 1.23 bits per heavy atom. The fourth-order valence-electron chi connectivity index (χ4n) is 4.00. The number of aryl methyl sites for hydroxylation is 1. The van der Waals surface area contributed by atoms with Gasteiger partial charge in [-0.2, -0.15) is 0 Å². The Balaban J connectivity index is 1.49. The number of nitrogens with zero attached hydrogens (tertiary/aromatic N) is 2. The average Bonchev–Trinajstić information content (AvgIpc) is 3.08. The first kappa shape index (κ1) is 18.7. The summed E-state index contributed by atoms with van der Waals surface area (Å²) in [5.74, 6) is 1.72. The van der Waals surface area contributed by atoms with Crippen molar-refractivity contribution in [3.05, 3.63) is 35.4 Å². The van der Waals surface area contributed by atoms with Crippen molar-refractivity contribution < 1.29 is 4.79 Å². The van der Waals surface area contributed by atoms with E-state index < -0.39 is 0 Å². The summed E-state index contributed by atoms with van der Waals surface area (Å²) in [6, 6.07) is 8.81. The number of hydrogen-bond donors (Lipinski definition) is 2. The van der Waals surface area contributed by atoms with Gasteiger partial charge in [0.15, 0.2) is 5.96 Å². The molecule has 1 fully saturated rings. The minimum atomic E-state index is 0.307. The highest BCUT2D eigenvalue weighted by atomic mass is 16.2. The van der Waals surface area contributed by atoms with Crippen LogP contribution in [0.1, 0.15) is 56.1 Å². The summed E-state index contributed by atoms with van der Waals surface area (Å²) < 4.78 is 0. The van der Waals surface area contributed by atoms with Gasteiger partial charge in [-0.1, -0.05) is 24.3 Å². The van der Waals surface area contributed by atoms with Crippen LogP contribution in [0.5, 0.6) is 0 Å². The summed E-state index contributed by atoms with van der Waals surface area (Å²) in [7, 11) is 0. The van der Waals surface area contributed by atoms with Crippen molar-refractivity contribution >= 4 is 11.9 Å². The third kappa shape index (κ3) is 4.99. The maximum Gasteiger partial charge on any atom is 0.222 e. The van der Waals surface area contributed by atoms with Crippen molar-refractivity contribution in [3.8, 4) is 0 Å². The lowest BCUT2D eigenvalue weighted by Crippen LogP contribution is -2.39. The Labute approximate surface area is 157 Å². The van der Waals surface area contributed by atoms with Crippen LogP contribution in [-0.4, -0.2) is 49.5 Å². The summed E-state index contributed by atoms with van der Waals surface area (Å²) >= 11 is 0. The second kappa shape index (κ2) is 9.60. The van der Waals surface area contributed by atoms with Crippen molar-refractivity contribution in [1.82, 2.24) is 15.5 Å². The fraction of sp³-hybridized carbons (Fsp3) is 0.619. The van der Waals surface area contributed by atoms with Crippen LogP contribution in [0.25, 0.3) is 0 Å². The van der Waals surface area contributed by atoms with E-state index in [2.05, 4.69) is 41.8 Å². The lowest BCUT2D eigenvalue weighted by molar-refractivity contribution is -0.127. The zero-order valence-electron chi connectivity index (χ0n) is 16.0. The molecule has 1 aliphatic heterocycles. The van der Waals surface area contributed by atoms with Gasteiger partial charge in [-0.05, 0) is 50.2 Å². The number of nitrogens with one attached hydrogen (secondary N) is 2. The van der Waals surface area contributed by atoms with E-state index in [-0.39, 0.29) is 0 Å². The number of fused-ring (bicyclic) bond motifs is 1. The Morgan fingerprint density at radius 2 is 2.12 bits per heavy atom. The summed E-state index contributed by atoms with van der Waals surface area (Å²) in [6.45, 7) is 6.40. The van der Waals surface area contributed by atoms with Crippen LogP contribution in [0, 0.1) is 0 Å². The Hall–Kier alpha value is -2.04. The maximum absolute atomic E-state index is 11.7. The number of hydrogen-bond acceptors (Lipinski definition) is 2. The number of likely N-dealkylation sites (tertiary alicyclic amines) is 1. The summed E-state index contributed by atoms with van der Waals surface area (Å²) in [6.07, 6.45) is 6.37. The standard InChI is InChI=1S/C21H32N4O/c1-2-22-21(23-13-7-15-25-14-6-12-20(25)26)24-16-18-10-5-9-17-8-3-4-11-19(17)18/h3-4,8,11,18H,2,5-7,9-10,12-16H2,1H3,(H2,22,23,24). The fourth-order valence-corrected chi connectivity index (χ4v) is 4.00. The van der Waals surface area contributed by atoms with Gasteiger partial charge in [-0.3, -0.25) is 9.79 Å². The number of benzene rings is 1. The van der Waals surface area contributed by atoms with Gasteiger partial charge in [-0.25, -0.2) is 0 Å². The molecule has 1 unspecified atom stereocenters. The molecule has 1 atom stereocenters. The molecule has 1 amide bonds. The lowest BCUT2D eigenvalue weighted by atomic mass is 9.83. The van der Waals surface area contributed by atoms with Crippen LogP contribution in [0.3, 0.4) is 0 Å². The van der Waals surface area contributed by atoms with E-state index in [0.29, 0.717) is 11.8 Å².